The van der Waals surface area contributed by atoms with Crippen molar-refractivity contribution in [3.05, 3.63) is 206 Å². The molecule has 0 fully saturated rings. The van der Waals surface area contributed by atoms with Gasteiger partial charge in [0.25, 0.3) is 0 Å². The highest BCUT2D eigenvalue weighted by Gasteiger charge is 2.20. The van der Waals surface area contributed by atoms with Crippen molar-refractivity contribution in [3.8, 4) is 39.1 Å². The summed E-state index contributed by atoms with van der Waals surface area (Å²) in [5, 5.41) is 2.57. The van der Waals surface area contributed by atoms with Crippen molar-refractivity contribution in [2.45, 2.75) is 0 Å². The number of aromatic nitrogens is 1. The Morgan fingerprint density at radius 1 is 0.358 bits per heavy atom. The van der Waals surface area contributed by atoms with Crippen LogP contribution in [0.2, 0.25) is 0 Å². The lowest BCUT2D eigenvalue weighted by atomic mass is 10.0. The zero-order valence-corrected chi connectivity index (χ0v) is 29.7. The Hall–Kier alpha value is -6.68. The third-order valence-electron chi connectivity index (χ3n) is 10.2. The first-order valence-electron chi connectivity index (χ1n) is 18.0. The molecule has 0 radical (unpaired) electrons. The summed E-state index contributed by atoms with van der Waals surface area (Å²) in [5.41, 5.74) is 14.3. The zero-order chi connectivity index (χ0) is 35.1. The number of thiophene rings is 1. The van der Waals surface area contributed by atoms with E-state index in [0.29, 0.717) is 0 Å². The van der Waals surface area contributed by atoms with E-state index in [1.807, 2.05) is 11.3 Å². The predicted molar refractivity (Wildman–Crippen MR) is 227 cm³/mol. The fraction of sp³-hybridized carbons (Fsp3) is 0. The van der Waals surface area contributed by atoms with Crippen LogP contribution in [-0.4, -0.2) is 4.57 Å². The van der Waals surface area contributed by atoms with Gasteiger partial charge < -0.3 is 9.47 Å². The van der Waals surface area contributed by atoms with Crippen LogP contribution in [0.5, 0.6) is 0 Å². The number of benzene rings is 8. The maximum Gasteiger partial charge on any atom is 0.0727 e. The lowest BCUT2D eigenvalue weighted by Gasteiger charge is -2.26. The monoisotopic (exact) mass is 694 g/mol. The Bertz CT molecular complexity index is 2850. The van der Waals surface area contributed by atoms with E-state index in [0.717, 1.165) is 17.1 Å². The van der Waals surface area contributed by atoms with E-state index in [1.54, 1.807) is 0 Å². The van der Waals surface area contributed by atoms with Gasteiger partial charge in [-0.05, 0) is 88.0 Å². The summed E-state index contributed by atoms with van der Waals surface area (Å²) in [5.74, 6) is 0. The second-order valence-electron chi connectivity index (χ2n) is 13.4. The first-order valence-corrected chi connectivity index (χ1v) is 18.8. The number of hydrogen-bond acceptors (Lipinski definition) is 2. The highest BCUT2D eigenvalue weighted by Crippen LogP contribution is 2.46. The van der Waals surface area contributed by atoms with Crippen LogP contribution in [0.15, 0.2) is 206 Å². The molecular formula is C50H34N2S. The second kappa shape index (κ2) is 13.1. The van der Waals surface area contributed by atoms with Crippen LogP contribution >= 0.6 is 11.3 Å². The summed E-state index contributed by atoms with van der Waals surface area (Å²) in [6.07, 6.45) is 0. The normalized spacial score (nSPS) is 11.4. The van der Waals surface area contributed by atoms with Gasteiger partial charge in [-0.3, -0.25) is 0 Å². The SMILES string of the molecule is c1ccc(-c2ccc(N(c3ccc(-c4cccc5c4sc4c6ccccc6n(-c6ccccc6)c54)cc3)c3cccc(-c4ccccc4)c3)cc2)cc1. The van der Waals surface area contributed by atoms with Gasteiger partial charge in [0.05, 0.1) is 15.7 Å². The molecule has 0 aliphatic heterocycles. The fourth-order valence-electron chi connectivity index (χ4n) is 7.69. The second-order valence-corrected chi connectivity index (χ2v) is 14.4. The van der Waals surface area contributed by atoms with Crippen molar-refractivity contribution >= 4 is 59.6 Å². The van der Waals surface area contributed by atoms with Gasteiger partial charge in [-0.25, -0.2) is 0 Å². The molecule has 0 atom stereocenters. The Morgan fingerprint density at radius 3 is 1.58 bits per heavy atom. The first kappa shape index (κ1) is 31.1. The van der Waals surface area contributed by atoms with Crippen LogP contribution in [0.25, 0.3) is 70.3 Å². The minimum absolute atomic E-state index is 1.11. The zero-order valence-electron chi connectivity index (χ0n) is 28.9. The molecule has 0 spiro atoms. The third kappa shape index (κ3) is 5.50. The fourth-order valence-corrected chi connectivity index (χ4v) is 9.05. The molecule has 3 heteroatoms. The number of nitrogens with zero attached hydrogens (tertiary/aromatic N) is 2. The van der Waals surface area contributed by atoms with Gasteiger partial charge in [0.1, 0.15) is 0 Å². The van der Waals surface area contributed by atoms with Crippen molar-refractivity contribution < 1.29 is 0 Å². The van der Waals surface area contributed by atoms with Crippen molar-refractivity contribution in [2.75, 3.05) is 4.90 Å². The van der Waals surface area contributed by atoms with Gasteiger partial charge in [-0.1, -0.05) is 152 Å². The average molecular weight is 695 g/mol. The maximum absolute atomic E-state index is 2.43. The van der Waals surface area contributed by atoms with E-state index in [9.17, 15) is 0 Å². The van der Waals surface area contributed by atoms with E-state index >= 15 is 0 Å². The Balaban J connectivity index is 1.09. The van der Waals surface area contributed by atoms with Crippen LogP contribution in [0.4, 0.5) is 17.1 Å². The smallest absolute Gasteiger partial charge is 0.0727 e. The molecule has 8 aromatic carbocycles. The third-order valence-corrected chi connectivity index (χ3v) is 11.5. The summed E-state index contributed by atoms with van der Waals surface area (Å²) < 4.78 is 5.07. The number of anilines is 3. The van der Waals surface area contributed by atoms with Crippen LogP contribution in [0.3, 0.4) is 0 Å². The van der Waals surface area contributed by atoms with Gasteiger partial charge in [-0.2, -0.15) is 0 Å². The molecule has 0 saturated heterocycles. The number of fused-ring (bicyclic) bond motifs is 5. The molecular weight excluding hydrogens is 661 g/mol. The standard InChI is InChI=1S/C50H34N2S/c1-4-14-35(15-5-1)37-26-30-41(31-27-37)51(43-21-12-18-39(34-43)36-16-6-2-7-17-36)42-32-28-38(29-33-42)44-23-13-24-46-48-50(53-49(44)46)45-22-10-11-25-47(45)52(48)40-19-8-3-9-20-40/h1-34H. The summed E-state index contributed by atoms with van der Waals surface area (Å²) in [4.78, 5) is 2.36. The summed E-state index contributed by atoms with van der Waals surface area (Å²) in [7, 11) is 0. The number of rotatable bonds is 7. The highest BCUT2D eigenvalue weighted by molar-refractivity contribution is 7.27. The van der Waals surface area contributed by atoms with Crippen molar-refractivity contribution in [1.82, 2.24) is 4.57 Å². The summed E-state index contributed by atoms with van der Waals surface area (Å²) >= 11 is 1.90. The Labute approximate surface area is 313 Å². The quantitative estimate of drug-likeness (QED) is 0.161. The average Bonchev–Trinajstić information content (AvgIpc) is 3.78. The van der Waals surface area contributed by atoms with E-state index < -0.39 is 0 Å². The van der Waals surface area contributed by atoms with E-state index in [-0.39, 0.29) is 0 Å². The van der Waals surface area contributed by atoms with Gasteiger partial charge >= 0.3 is 0 Å². The van der Waals surface area contributed by atoms with E-state index in [2.05, 4.69) is 216 Å². The molecule has 53 heavy (non-hydrogen) atoms. The minimum Gasteiger partial charge on any atom is -0.310 e. The molecule has 0 unspecified atom stereocenters. The summed E-state index contributed by atoms with van der Waals surface area (Å²) in [6, 6.07) is 74.3. The molecule has 10 aromatic rings. The molecule has 0 aliphatic carbocycles. The molecule has 0 bridgehead atoms. The van der Waals surface area contributed by atoms with Gasteiger partial charge in [0.2, 0.25) is 0 Å². The van der Waals surface area contributed by atoms with Crippen molar-refractivity contribution in [2.24, 2.45) is 0 Å². The molecule has 0 N–H and O–H groups in total. The Morgan fingerprint density at radius 2 is 0.887 bits per heavy atom. The molecule has 2 heterocycles. The molecule has 0 amide bonds. The van der Waals surface area contributed by atoms with E-state index in [1.165, 1.54) is 70.3 Å². The molecule has 10 rings (SSSR count). The van der Waals surface area contributed by atoms with Crippen LogP contribution in [0.1, 0.15) is 0 Å². The molecule has 0 saturated carbocycles. The topological polar surface area (TPSA) is 8.17 Å². The Kier molecular flexibility index (Phi) is 7.71. The minimum atomic E-state index is 1.11. The molecule has 2 nitrogen and oxygen atoms in total. The summed E-state index contributed by atoms with van der Waals surface area (Å²) in [6.45, 7) is 0. The lowest BCUT2D eigenvalue weighted by molar-refractivity contribution is 1.19. The van der Waals surface area contributed by atoms with Crippen molar-refractivity contribution in [3.63, 3.8) is 0 Å². The van der Waals surface area contributed by atoms with Crippen LogP contribution in [0, 0.1) is 0 Å². The maximum atomic E-state index is 2.43. The largest absolute Gasteiger partial charge is 0.310 e. The number of para-hydroxylation sites is 2. The molecule has 0 aliphatic rings. The number of hydrogen-bond donors (Lipinski definition) is 0. The van der Waals surface area contributed by atoms with Gasteiger partial charge in [0.15, 0.2) is 0 Å². The lowest BCUT2D eigenvalue weighted by Crippen LogP contribution is -2.10. The highest BCUT2D eigenvalue weighted by atomic mass is 32.1. The first-order chi connectivity index (χ1) is 26.3. The van der Waals surface area contributed by atoms with Crippen LogP contribution < -0.4 is 4.90 Å². The predicted octanol–water partition coefficient (Wildman–Crippen LogP) is 14.5. The molecule has 250 valence electrons. The van der Waals surface area contributed by atoms with Gasteiger partial charge in [-0.15, -0.1) is 11.3 Å². The van der Waals surface area contributed by atoms with E-state index in [4.69, 9.17) is 0 Å². The van der Waals surface area contributed by atoms with Gasteiger partial charge in [0, 0.05) is 38.2 Å². The van der Waals surface area contributed by atoms with Crippen molar-refractivity contribution in [1.29, 1.82) is 0 Å². The molecule has 2 aromatic heterocycles. The van der Waals surface area contributed by atoms with Crippen LogP contribution in [-0.2, 0) is 0 Å².